The van der Waals surface area contributed by atoms with Crippen molar-refractivity contribution in [3.63, 3.8) is 0 Å². The monoisotopic (exact) mass is 275 g/mol. The Bertz CT molecular complexity index is 458. The molecule has 0 aromatic heterocycles. The van der Waals surface area contributed by atoms with Crippen molar-refractivity contribution >= 4 is 0 Å². The summed E-state index contributed by atoms with van der Waals surface area (Å²) in [6.07, 6.45) is 4.18. The van der Waals surface area contributed by atoms with Crippen molar-refractivity contribution < 1.29 is 5.11 Å². The minimum absolute atomic E-state index is 0.103. The molecule has 0 amide bonds. The summed E-state index contributed by atoms with van der Waals surface area (Å²) >= 11 is 0. The number of aryl methyl sites for hydroxylation is 2. The highest BCUT2D eigenvalue weighted by Crippen LogP contribution is 2.43. The van der Waals surface area contributed by atoms with Crippen molar-refractivity contribution in [3.8, 4) is 0 Å². The Balaban J connectivity index is 2.31. The van der Waals surface area contributed by atoms with Crippen LogP contribution in [0.3, 0.4) is 0 Å². The van der Waals surface area contributed by atoms with E-state index < -0.39 is 6.10 Å². The van der Waals surface area contributed by atoms with Crippen LogP contribution in [0.1, 0.15) is 55.4 Å². The molecule has 0 radical (unpaired) electrons. The van der Waals surface area contributed by atoms with Crippen LogP contribution in [0.15, 0.2) is 18.2 Å². The molecule has 0 aliphatic heterocycles. The van der Waals surface area contributed by atoms with E-state index in [9.17, 15) is 5.11 Å². The van der Waals surface area contributed by atoms with Gasteiger partial charge >= 0.3 is 0 Å². The summed E-state index contributed by atoms with van der Waals surface area (Å²) in [7, 11) is 4.22. The molecule has 2 rings (SSSR count). The zero-order chi connectivity index (χ0) is 14.9. The Labute approximate surface area is 123 Å². The molecule has 1 unspecified atom stereocenters. The summed E-state index contributed by atoms with van der Waals surface area (Å²) in [5, 5.41) is 11.0. The summed E-state index contributed by atoms with van der Waals surface area (Å²) in [5.41, 5.74) is 3.52. The van der Waals surface area contributed by atoms with Gasteiger partial charge in [-0.15, -0.1) is 0 Å². The number of aliphatic hydroxyl groups is 1. The van der Waals surface area contributed by atoms with Gasteiger partial charge in [0.25, 0.3) is 0 Å². The second-order valence-corrected chi connectivity index (χ2v) is 6.93. The van der Waals surface area contributed by atoms with Gasteiger partial charge in [0.15, 0.2) is 0 Å². The number of aliphatic hydroxyl groups excluding tert-OH is 1. The average molecular weight is 275 g/mol. The molecule has 1 aromatic carbocycles. The highest BCUT2D eigenvalue weighted by Gasteiger charge is 2.43. The molecule has 1 atom stereocenters. The summed E-state index contributed by atoms with van der Waals surface area (Å²) in [4.78, 5) is 2.25. The smallest absolute Gasteiger partial charge is 0.0973 e. The van der Waals surface area contributed by atoms with Crippen LogP contribution in [0, 0.1) is 19.8 Å². The van der Waals surface area contributed by atoms with Crippen LogP contribution in [-0.4, -0.2) is 29.6 Å². The lowest BCUT2D eigenvalue weighted by molar-refractivity contribution is -0.0408. The van der Waals surface area contributed by atoms with Gasteiger partial charge < -0.3 is 10.0 Å². The van der Waals surface area contributed by atoms with Crippen LogP contribution in [0.4, 0.5) is 0 Å². The molecule has 112 valence electrons. The third-order valence-corrected chi connectivity index (χ3v) is 5.39. The van der Waals surface area contributed by atoms with Gasteiger partial charge in [-0.25, -0.2) is 0 Å². The fourth-order valence-electron chi connectivity index (χ4n) is 3.47. The highest BCUT2D eigenvalue weighted by molar-refractivity contribution is 5.32. The zero-order valence-corrected chi connectivity index (χ0v) is 13.6. The highest BCUT2D eigenvalue weighted by atomic mass is 16.3. The van der Waals surface area contributed by atoms with Crippen molar-refractivity contribution in [1.29, 1.82) is 0 Å². The maximum Gasteiger partial charge on any atom is 0.0973 e. The zero-order valence-electron chi connectivity index (χ0n) is 13.6. The van der Waals surface area contributed by atoms with E-state index in [1.165, 1.54) is 24.0 Å². The Morgan fingerprint density at radius 1 is 1.15 bits per heavy atom. The van der Waals surface area contributed by atoms with Crippen LogP contribution in [0.25, 0.3) is 0 Å². The molecule has 2 nitrogen and oxygen atoms in total. The van der Waals surface area contributed by atoms with Gasteiger partial charge in [-0.3, -0.25) is 0 Å². The lowest BCUT2D eigenvalue weighted by atomic mass is 9.71. The number of likely N-dealkylation sites (N-methyl/N-ethyl adjacent to an activating group) is 1. The summed E-state index contributed by atoms with van der Waals surface area (Å²) in [5.74, 6) is 0.787. The van der Waals surface area contributed by atoms with Gasteiger partial charge in [0.2, 0.25) is 0 Å². The van der Waals surface area contributed by atoms with E-state index in [-0.39, 0.29) is 5.54 Å². The number of nitrogens with zero attached hydrogens (tertiary/aromatic N) is 1. The first-order valence-electron chi connectivity index (χ1n) is 7.79. The number of hydrogen-bond donors (Lipinski definition) is 1. The summed E-state index contributed by atoms with van der Waals surface area (Å²) in [6, 6.07) is 6.38. The SMILES string of the molecule is Cc1ccc(C(O)C2(N(C)C)CCC(C)CC2)cc1C. The van der Waals surface area contributed by atoms with Gasteiger partial charge in [-0.2, -0.15) is 0 Å². The van der Waals surface area contributed by atoms with E-state index in [2.05, 4.69) is 58.0 Å². The number of rotatable bonds is 3. The Hall–Kier alpha value is -0.860. The lowest BCUT2D eigenvalue weighted by Gasteiger charge is -2.48. The molecular formula is C18H29NO. The molecule has 1 saturated carbocycles. The molecule has 1 aliphatic carbocycles. The first kappa shape index (κ1) is 15.5. The third kappa shape index (κ3) is 2.77. The average Bonchev–Trinajstić information content (AvgIpc) is 2.42. The fourth-order valence-corrected chi connectivity index (χ4v) is 3.47. The molecule has 0 saturated heterocycles. The van der Waals surface area contributed by atoms with E-state index in [4.69, 9.17) is 0 Å². The van der Waals surface area contributed by atoms with Crippen LogP contribution in [0.5, 0.6) is 0 Å². The minimum Gasteiger partial charge on any atom is -0.386 e. The summed E-state index contributed by atoms with van der Waals surface area (Å²) in [6.45, 7) is 6.56. The maximum absolute atomic E-state index is 11.0. The molecular weight excluding hydrogens is 246 g/mol. The van der Waals surface area contributed by atoms with Crippen molar-refractivity contribution in [2.45, 2.75) is 58.1 Å². The Kier molecular flexibility index (Phi) is 4.55. The van der Waals surface area contributed by atoms with E-state index in [0.29, 0.717) is 0 Å². The molecule has 1 fully saturated rings. The first-order valence-corrected chi connectivity index (χ1v) is 7.79. The van der Waals surface area contributed by atoms with E-state index in [0.717, 1.165) is 24.3 Å². The standard InChI is InChI=1S/C18H29NO/c1-13-8-10-18(11-9-13,19(4)5)17(20)16-7-6-14(2)15(3)12-16/h6-7,12-13,17,20H,8-11H2,1-5H3. The van der Waals surface area contributed by atoms with Gasteiger partial charge in [0, 0.05) is 0 Å². The molecule has 0 heterocycles. The van der Waals surface area contributed by atoms with Crippen LogP contribution >= 0.6 is 0 Å². The van der Waals surface area contributed by atoms with Gasteiger partial charge in [-0.05, 0) is 76.2 Å². The fraction of sp³-hybridized carbons (Fsp3) is 0.667. The van der Waals surface area contributed by atoms with Crippen LogP contribution in [0.2, 0.25) is 0 Å². The number of benzene rings is 1. The van der Waals surface area contributed by atoms with Crippen molar-refractivity contribution in [1.82, 2.24) is 4.90 Å². The largest absolute Gasteiger partial charge is 0.386 e. The molecule has 2 heteroatoms. The quantitative estimate of drug-likeness (QED) is 0.906. The van der Waals surface area contributed by atoms with Gasteiger partial charge in [0.1, 0.15) is 0 Å². The summed E-state index contributed by atoms with van der Waals surface area (Å²) < 4.78 is 0. The van der Waals surface area contributed by atoms with Crippen molar-refractivity contribution in [2.24, 2.45) is 5.92 Å². The van der Waals surface area contributed by atoms with Gasteiger partial charge in [0.05, 0.1) is 11.6 Å². The minimum atomic E-state index is -0.399. The lowest BCUT2D eigenvalue weighted by Crippen LogP contribution is -2.51. The number of hydrogen-bond acceptors (Lipinski definition) is 2. The van der Waals surface area contributed by atoms with Gasteiger partial charge in [-0.1, -0.05) is 25.1 Å². The van der Waals surface area contributed by atoms with Crippen molar-refractivity contribution in [3.05, 3.63) is 34.9 Å². The molecule has 1 N–H and O–H groups in total. The first-order chi connectivity index (χ1) is 9.36. The maximum atomic E-state index is 11.0. The predicted molar refractivity (Wildman–Crippen MR) is 84.9 cm³/mol. The Morgan fingerprint density at radius 3 is 2.25 bits per heavy atom. The molecule has 0 bridgehead atoms. The second-order valence-electron chi connectivity index (χ2n) is 6.93. The predicted octanol–water partition coefficient (Wildman–Crippen LogP) is 3.85. The van der Waals surface area contributed by atoms with Crippen LogP contribution in [-0.2, 0) is 0 Å². The van der Waals surface area contributed by atoms with E-state index in [1.54, 1.807) is 0 Å². The Morgan fingerprint density at radius 2 is 1.75 bits per heavy atom. The molecule has 1 aliphatic rings. The molecule has 20 heavy (non-hydrogen) atoms. The van der Waals surface area contributed by atoms with Crippen LogP contribution < -0.4 is 0 Å². The van der Waals surface area contributed by atoms with E-state index in [1.807, 2.05) is 0 Å². The van der Waals surface area contributed by atoms with Crippen molar-refractivity contribution in [2.75, 3.05) is 14.1 Å². The second kappa shape index (κ2) is 5.87. The molecule has 1 aromatic rings. The molecule has 0 spiro atoms. The normalized spacial score (nSPS) is 28.6. The topological polar surface area (TPSA) is 23.5 Å². The third-order valence-electron chi connectivity index (χ3n) is 5.39. The van der Waals surface area contributed by atoms with E-state index >= 15 is 0 Å².